The van der Waals surface area contributed by atoms with Gasteiger partial charge in [0.25, 0.3) is 0 Å². The lowest BCUT2D eigenvalue weighted by molar-refractivity contribution is 0.233. The number of hydrogen-bond acceptors (Lipinski definition) is 3. The molecule has 0 unspecified atom stereocenters. The maximum Gasteiger partial charge on any atom is 0.122 e. The van der Waals surface area contributed by atoms with Crippen molar-refractivity contribution in [2.24, 2.45) is 0 Å². The summed E-state index contributed by atoms with van der Waals surface area (Å²) in [7, 11) is 1.76. The number of nitrogens with zero attached hydrogens (tertiary/aromatic N) is 1. The minimum atomic E-state index is 0.508. The second kappa shape index (κ2) is 6.21. The van der Waals surface area contributed by atoms with E-state index < -0.39 is 0 Å². The van der Waals surface area contributed by atoms with E-state index in [4.69, 9.17) is 4.74 Å². The fourth-order valence-corrected chi connectivity index (χ4v) is 2.46. The zero-order valence-electron chi connectivity index (χ0n) is 11.7. The first-order valence-electron chi connectivity index (χ1n) is 6.80. The largest absolute Gasteiger partial charge is 0.496 e. The van der Waals surface area contributed by atoms with Gasteiger partial charge < -0.3 is 10.1 Å². The second-order valence-corrected chi connectivity index (χ2v) is 5.26. The Hall–Kier alpha value is -1.06. The molecule has 1 aromatic rings. The van der Waals surface area contributed by atoms with Gasteiger partial charge in [-0.2, -0.15) is 0 Å². The van der Waals surface area contributed by atoms with E-state index >= 15 is 0 Å². The lowest BCUT2D eigenvalue weighted by atomic mass is 10.00. The molecule has 0 amide bonds. The maximum atomic E-state index is 5.51. The molecular formula is C15H24N2O. The highest BCUT2D eigenvalue weighted by Gasteiger charge is 2.12. The van der Waals surface area contributed by atoms with Crippen molar-refractivity contribution in [1.82, 2.24) is 10.2 Å². The summed E-state index contributed by atoms with van der Waals surface area (Å²) in [6, 6.07) is 6.64. The van der Waals surface area contributed by atoms with Crippen LogP contribution in [0.15, 0.2) is 18.2 Å². The Bertz CT molecular complexity index is 384. The van der Waals surface area contributed by atoms with E-state index in [9.17, 15) is 0 Å². The molecule has 2 rings (SSSR count). The molecule has 1 fully saturated rings. The van der Waals surface area contributed by atoms with E-state index in [1.807, 2.05) is 0 Å². The van der Waals surface area contributed by atoms with Gasteiger partial charge in [-0.15, -0.1) is 0 Å². The molecule has 1 aromatic carbocycles. The molecule has 0 radical (unpaired) electrons. The normalized spacial score (nSPS) is 17.1. The van der Waals surface area contributed by atoms with E-state index in [-0.39, 0.29) is 0 Å². The number of ether oxygens (including phenoxy) is 1. The van der Waals surface area contributed by atoms with Crippen LogP contribution in [0.5, 0.6) is 5.75 Å². The number of hydrogen-bond donors (Lipinski definition) is 1. The zero-order valence-corrected chi connectivity index (χ0v) is 11.7. The average molecular weight is 248 g/mol. The summed E-state index contributed by atoms with van der Waals surface area (Å²) in [5, 5.41) is 3.38. The molecule has 0 atom stereocenters. The van der Waals surface area contributed by atoms with Crippen molar-refractivity contribution in [3.8, 4) is 5.75 Å². The summed E-state index contributed by atoms with van der Waals surface area (Å²) < 4.78 is 5.51. The minimum Gasteiger partial charge on any atom is -0.496 e. The van der Waals surface area contributed by atoms with Gasteiger partial charge in [-0.3, -0.25) is 4.90 Å². The van der Waals surface area contributed by atoms with Crippen molar-refractivity contribution in [3.05, 3.63) is 29.3 Å². The quantitative estimate of drug-likeness (QED) is 0.884. The molecule has 1 N–H and O–H groups in total. The monoisotopic (exact) mass is 248 g/mol. The van der Waals surface area contributed by atoms with Crippen LogP contribution in [0.2, 0.25) is 0 Å². The summed E-state index contributed by atoms with van der Waals surface area (Å²) >= 11 is 0. The number of piperazine rings is 1. The maximum absolute atomic E-state index is 5.51. The molecular weight excluding hydrogens is 224 g/mol. The van der Waals surface area contributed by atoms with Crippen LogP contribution >= 0.6 is 0 Å². The van der Waals surface area contributed by atoms with Gasteiger partial charge in [-0.1, -0.05) is 26.0 Å². The molecule has 100 valence electrons. The Morgan fingerprint density at radius 1 is 1.28 bits per heavy atom. The molecule has 0 bridgehead atoms. The summed E-state index contributed by atoms with van der Waals surface area (Å²) in [5.41, 5.74) is 2.64. The molecule has 1 aliphatic heterocycles. The molecule has 3 heteroatoms. The SMILES string of the molecule is COc1cc(CN2CCNCC2)ccc1C(C)C. The van der Waals surface area contributed by atoms with E-state index in [2.05, 4.69) is 42.3 Å². The molecule has 0 saturated carbocycles. The van der Waals surface area contributed by atoms with Crippen LogP contribution < -0.4 is 10.1 Å². The van der Waals surface area contributed by atoms with Crippen molar-refractivity contribution in [1.29, 1.82) is 0 Å². The van der Waals surface area contributed by atoms with Crippen molar-refractivity contribution >= 4 is 0 Å². The molecule has 1 heterocycles. The van der Waals surface area contributed by atoms with Gasteiger partial charge in [-0.05, 0) is 23.1 Å². The van der Waals surface area contributed by atoms with Crippen molar-refractivity contribution in [3.63, 3.8) is 0 Å². The van der Waals surface area contributed by atoms with Crippen molar-refractivity contribution < 1.29 is 4.74 Å². The topological polar surface area (TPSA) is 24.5 Å². The van der Waals surface area contributed by atoms with Crippen molar-refractivity contribution in [2.75, 3.05) is 33.3 Å². The standard InChI is InChI=1S/C15H24N2O/c1-12(2)14-5-4-13(10-15(14)18-3)11-17-8-6-16-7-9-17/h4-5,10,12,16H,6-9,11H2,1-3H3. The van der Waals surface area contributed by atoms with Crippen LogP contribution in [0.25, 0.3) is 0 Å². The number of rotatable bonds is 4. The van der Waals surface area contributed by atoms with E-state index in [0.29, 0.717) is 5.92 Å². The molecule has 3 nitrogen and oxygen atoms in total. The molecule has 1 aliphatic rings. The smallest absolute Gasteiger partial charge is 0.122 e. The number of benzene rings is 1. The average Bonchev–Trinajstić information content (AvgIpc) is 2.39. The number of nitrogens with one attached hydrogen (secondary N) is 1. The fourth-order valence-electron chi connectivity index (χ4n) is 2.46. The third kappa shape index (κ3) is 3.24. The second-order valence-electron chi connectivity index (χ2n) is 5.26. The van der Waals surface area contributed by atoms with Crippen LogP contribution in [0.3, 0.4) is 0 Å². The third-order valence-corrected chi connectivity index (χ3v) is 3.54. The minimum absolute atomic E-state index is 0.508. The first-order chi connectivity index (χ1) is 8.70. The summed E-state index contributed by atoms with van der Waals surface area (Å²) in [5.74, 6) is 1.53. The van der Waals surface area contributed by atoms with Crippen LogP contribution in [0.1, 0.15) is 30.9 Å². The molecule has 0 aromatic heterocycles. The first-order valence-corrected chi connectivity index (χ1v) is 6.80. The predicted octanol–water partition coefficient (Wildman–Crippen LogP) is 2.22. The highest BCUT2D eigenvalue weighted by molar-refractivity contribution is 5.39. The molecule has 0 aliphatic carbocycles. The Kier molecular flexibility index (Phi) is 4.61. The van der Waals surface area contributed by atoms with Gasteiger partial charge in [0.15, 0.2) is 0 Å². The fraction of sp³-hybridized carbons (Fsp3) is 0.600. The molecule has 1 saturated heterocycles. The van der Waals surface area contributed by atoms with Gasteiger partial charge >= 0.3 is 0 Å². The highest BCUT2D eigenvalue weighted by Crippen LogP contribution is 2.27. The van der Waals surface area contributed by atoms with Gasteiger partial charge in [0.1, 0.15) is 5.75 Å². The highest BCUT2D eigenvalue weighted by atomic mass is 16.5. The van der Waals surface area contributed by atoms with Crippen LogP contribution in [0.4, 0.5) is 0 Å². The molecule has 18 heavy (non-hydrogen) atoms. The Balaban J connectivity index is 2.09. The van der Waals surface area contributed by atoms with Gasteiger partial charge in [0.2, 0.25) is 0 Å². The Morgan fingerprint density at radius 3 is 2.61 bits per heavy atom. The summed E-state index contributed by atoms with van der Waals surface area (Å²) in [4.78, 5) is 2.49. The lowest BCUT2D eigenvalue weighted by Crippen LogP contribution is -2.42. The Morgan fingerprint density at radius 2 is 2.00 bits per heavy atom. The summed E-state index contributed by atoms with van der Waals surface area (Å²) in [6.07, 6.45) is 0. The van der Waals surface area contributed by atoms with Gasteiger partial charge in [-0.25, -0.2) is 0 Å². The molecule has 0 spiro atoms. The number of methoxy groups -OCH3 is 1. The van der Waals surface area contributed by atoms with E-state index in [0.717, 1.165) is 38.5 Å². The van der Waals surface area contributed by atoms with E-state index in [1.165, 1.54) is 11.1 Å². The van der Waals surface area contributed by atoms with Gasteiger partial charge in [0, 0.05) is 32.7 Å². The summed E-state index contributed by atoms with van der Waals surface area (Å²) in [6.45, 7) is 9.89. The van der Waals surface area contributed by atoms with Crippen LogP contribution in [-0.2, 0) is 6.54 Å². The zero-order chi connectivity index (χ0) is 13.0. The first kappa shape index (κ1) is 13.4. The Labute approximate surface area is 110 Å². The van der Waals surface area contributed by atoms with E-state index in [1.54, 1.807) is 7.11 Å². The lowest BCUT2D eigenvalue weighted by Gasteiger charge is -2.27. The van der Waals surface area contributed by atoms with Crippen LogP contribution in [0, 0.1) is 0 Å². The van der Waals surface area contributed by atoms with Crippen LogP contribution in [-0.4, -0.2) is 38.2 Å². The van der Waals surface area contributed by atoms with Gasteiger partial charge in [0.05, 0.1) is 7.11 Å². The predicted molar refractivity (Wildman–Crippen MR) is 75.2 cm³/mol. The van der Waals surface area contributed by atoms with Crippen molar-refractivity contribution in [2.45, 2.75) is 26.3 Å². The third-order valence-electron chi connectivity index (χ3n) is 3.54.